The van der Waals surface area contributed by atoms with Crippen LogP contribution in [0.15, 0.2) is 42.7 Å². The van der Waals surface area contributed by atoms with E-state index in [1.165, 1.54) is 29.3 Å². The van der Waals surface area contributed by atoms with Crippen molar-refractivity contribution in [1.29, 1.82) is 0 Å². The number of carbonyl (C=O) groups is 2. The molecular weight excluding hydrogens is 259 g/mol. The molecule has 0 N–H and O–H groups in total. The maximum absolute atomic E-state index is 13.3. The van der Waals surface area contributed by atoms with Crippen LogP contribution in [0.5, 0.6) is 0 Å². The molecule has 0 unspecified atom stereocenters. The number of hydrogen-bond donors (Lipinski definition) is 0. The maximum Gasteiger partial charge on any atom is 0.259 e. The summed E-state index contributed by atoms with van der Waals surface area (Å²) < 4.78 is 13.3. The fraction of sp³-hybridized carbons (Fsp3) is 0.133. The average molecular weight is 270 g/mol. The Balaban J connectivity index is 2.03. The number of aromatic nitrogens is 1. The molecule has 0 saturated heterocycles. The van der Waals surface area contributed by atoms with Crippen molar-refractivity contribution < 1.29 is 14.0 Å². The van der Waals surface area contributed by atoms with Crippen molar-refractivity contribution in [1.82, 2.24) is 4.98 Å². The Morgan fingerprint density at radius 3 is 2.90 bits per heavy atom. The van der Waals surface area contributed by atoms with Crippen LogP contribution in [-0.4, -0.2) is 23.2 Å². The van der Waals surface area contributed by atoms with Gasteiger partial charge in [0.15, 0.2) is 5.78 Å². The number of benzene rings is 1. The summed E-state index contributed by atoms with van der Waals surface area (Å²) in [6, 6.07) is 7.24. The minimum absolute atomic E-state index is 0.144. The van der Waals surface area contributed by atoms with Crippen molar-refractivity contribution in [3.8, 4) is 0 Å². The second kappa shape index (κ2) is 4.85. The van der Waals surface area contributed by atoms with Gasteiger partial charge in [0, 0.05) is 30.9 Å². The van der Waals surface area contributed by atoms with Crippen molar-refractivity contribution in [2.75, 3.05) is 11.4 Å². The number of rotatable bonds is 1. The molecule has 3 rings (SSSR count). The van der Waals surface area contributed by atoms with Crippen molar-refractivity contribution in [3.63, 3.8) is 0 Å². The SMILES string of the molecule is O=C1CCN(C(=O)c2cccnc2)c2ccc(F)cc21. The molecule has 0 spiro atoms. The first kappa shape index (κ1) is 12.5. The summed E-state index contributed by atoms with van der Waals surface area (Å²) in [5.41, 5.74) is 1.15. The third-order valence-electron chi connectivity index (χ3n) is 3.27. The van der Waals surface area contributed by atoms with Crippen LogP contribution in [0.3, 0.4) is 0 Å². The molecule has 1 aromatic carbocycles. The van der Waals surface area contributed by atoms with Crippen molar-refractivity contribution in [3.05, 3.63) is 59.7 Å². The van der Waals surface area contributed by atoms with Gasteiger partial charge < -0.3 is 4.90 Å². The van der Waals surface area contributed by atoms with Gasteiger partial charge in [-0.25, -0.2) is 4.39 Å². The van der Waals surface area contributed by atoms with Gasteiger partial charge in [-0.05, 0) is 30.3 Å². The molecule has 1 aromatic heterocycles. The molecule has 0 saturated carbocycles. The van der Waals surface area contributed by atoms with Gasteiger partial charge in [0.1, 0.15) is 5.82 Å². The second-order valence-corrected chi connectivity index (χ2v) is 4.53. The molecule has 1 aliphatic heterocycles. The second-order valence-electron chi connectivity index (χ2n) is 4.53. The van der Waals surface area contributed by atoms with E-state index in [1.807, 2.05) is 0 Å². The van der Waals surface area contributed by atoms with Gasteiger partial charge in [0.05, 0.1) is 11.3 Å². The molecule has 100 valence electrons. The smallest absolute Gasteiger partial charge is 0.259 e. The first-order valence-corrected chi connectivity index (χ1v) is 6.21. The predicted molar refractivity (Wildman–Crippen MR) is 71.3 cm³/mol. The van der Waals surface area contributed by atoms with Gasteiger partial charge in [0.25, 0.3) is 5.91 Å². The van der Waals surface area contributed by atoms with E-state index in [9.17, 15) is 14.0 Å². The molecule has 1 amide bonds. The molecular formula is C15H11FN2O2. The largest absolute Gasteiger partial charge is 0.307 e. The zero-order valence-electron chi connectivity index (χ0n) is 10.5. The van der Waals surface area contributed by atoms with Gasteiger partial charge in [-0.2, -0.15) is 0 Å². The molecule has 0 bridgehead atoms. The maximum atomic E-state index is 13.3. The summed E-state index contributed by atoms with van der Waals surface area (Å²) in [7, 11) is 0. The average Bonchev–Trinajstić information content (AvgIpc) is 2.48. The number of hydrogen-bond acceptors (Lipinski definition) is 3. The first-order valence-electron chi connectivity index (χ1n) is 6.21. The van der Waals surface area contributed by atoms with Crippen LogP contribution in [0.1, 0.15) is 27.1 Å². The minimum Gasteiger partial charge on any atom is -0.307 e. The van der Waals surface area contributed by atoms with Crippen LogP contribution in [0.2, 0.25) is 0 Å². The Morgan fingerprint density at radius 2 is 2.15 bits per heavy atom. The quantitative estimate of drug-likeness (QED) is 0.799. The number of Topliss-reactive ketones (excluding diaryl/α,β-unsaturated/α-hetero) is 1. The van der Waals surface area contributed by atoms with Crippen LogP contribution >= 0.6 is 0 Å². The van der Waals surface area contributed by atoms with Crippen molar-refractivity contribution >= 4 is 17.4 Å². The number of carbonyl (C=O) groups excluding carboxylic acids is 2. The lowest BCUT2D eigenvalue weighted by Crippen LogP contribution is -2.37. The lowest BCUT2D eigenvalue weighted by Gasteiger charge is -2.28. The van der Waals surface area contributed by atoms with E-state index in [2.05, 4.69) is 4.98 Å². The molecule has 0 radical (unpaired) electrons. The summed E-state index contributed by atoms with van der Waals surface area (Å²) in [5.74, 6) is -0.860. The molecule has 4 nitrogen and oxygen atoms in total. The standard InChI is InChI=1S/C15H11FN2O2/c16-11-3-4-13-12(8-11)14(19)5-7-18(13)15(20)10-2-1-6-17-9-10/h1-4,6,8-9H,5,7H2. The number of fused-ring (bicyclic) bond motifs is 1. The lowest BCUT2D eigenvalue weighted by molar-refractivity contribution is 0.0954. The lowest BCUT2D eigenvalue weighted by atomic mass is 9.99. The molecule has 2 heterocycles. The molecule has 0 aliphatic carbocycles. The van der Waals surface area contributed by atoms with Crippen molar-refractivity contribution in [2.45, 2.75) is 6.42 Å². The number of nitrogens with zero attached hydrogens (tertiary/aromatic N) is 2. The zero-order chi connectivity index (χ0) is 14.1. The van der Waals surface area contributed by atoms with Gasteiger partial charge in [-0.3, -0.25) is 14.6 Å². The normalized spacial score (nSPS) is 14.1. The van der Waals surface area contributed by atoms with E-state index in [0.717, 1.165) is 0 Å². The zero-order valence-corrected chi connectivity index (χ0v) is 10.5. The minimum atomic E-state index is -0.479. The molecule has 1 aliphatic rings. The molecule has 20 heavy (non-hydrogen) atoms. The Hall–Kier alpha value is -2.56. The van der Waals surface area contributed by atoms with Gasteiger partial charge in [-0.1, -0.05) is 0 Å². The summed E-state index contributed by atoms with van der Waals surface area (Å²) in [6.45, 7) is 0.297. The number of pyridine rings is 1. The summed E-state index contributed by atoms with van der Waals surface area (Å²) in [6.07, 6.45) is 3.25. The van der Waals surface area contributed by atoms with E-state index in [4.69, 9.17) is 0 Å². The topological polar surface area (TPSA) is 50.3 Å². The Morgan fingerprint density at radius 1 is 1.30 bits per heavy atom. The highest BCUT2D eigenvalue weighted by molar-refractivity contribution is 6.13. The fourth-order valence-corrected chi connectivity index (χ4v) is 2.29. The third-order valence-corrected chi connectivity index (χ3v) is 3.27. The monoisotopic (exact) mass is 270 g/mol. The van der Waals surface area contributed by atoms with Crippen LogP contribution in [0, 0.1) is 5.82 Å². The Bertz CT molecular complexity index is 686. The van der Waals surface area contributed by atoms with E-state index in [-0.39, 0.29) is 23.7 Å². The Kier molecular flexibility index (Phi) is 3.02. The van der Waals surface area contributed by atoms with E-state index >= 15 is 0 Å². The molecule has 2 aromatic rings. The van der Waals surface area contributed by atoms with E-state index in [1.54, 1.807) is 18.3 Å². The highest BCUT2D eigenvalue weighted by atomic mass is 19.1. The molecule has 0 atom stereocenters. The summed E-state index contributed by atoms with van der Waals surface area (Å²) >= 11 is 0. The van der Waals surface area contributed by atoms with Gasteiger partial charge in [0.2, 0.25) is 0 Å². The van der Waals surface area contributed by atoms with E-state index < -0.39 is 5.82 Å². The predicted octanol–water partition coefficient (Wildman–Crippen LogP) is 2.45. The third kappa shape index (κ3) is 2.07. The Labute approximate surface area is 114 Å². The van der Waals surface area contributed by atoms with Crippen LogP contribution in [-0.2, 0) is 0 Å². The van der Waals surface area contributed by atoms with E-state index in [0.29, 0.717) is 17.8 Å². The van der Waals surface area contributed by atoms with Crippen LogP contribution < -0.4 is 4.90 Å². The van der Waals surface area contributed by atoms with Gasteiger partial charge >= 0.3 is 0 Å². The highest BCUT2D eigenvalue weighted by Crippen LogP contribution is 2.28. The number of ketones is 1. The number of amides is 1. The summed E-state index contributed by atoms with van der Waals surface area (Å²) in [4.78, 5) is 29.7. The van der Waals surface area contributed by atoms with Crippen LogP contribution in [0.4, 0.5) is 10.1 Å². The van der Waals surface area contributed by atoms with Gasteiger partial charge in [-0.15, -0.1) is 0 Å². The van der Waals surface area contributed by atoms with Crippen LogP contribution in [0.25, 0.3) is 0 Å². The summed E-state index contributed by atoms with van der Waals surface area (Å²) in [5, 5.41) is 0. The number of halogens is 1. The fourth-order valence-electron chi connectivity index (χ4n) is 2.29. The number of anilines is 1. The molecule has 5 heteroatoms. The highest BCUT2D eigenvalue weighted by Gasteiger charge is 2.28. The molecule has 0 fully saturated rings. The first-order chi connectivity index (χ1) is 9.66. The van der Waals surface area contributed by atoms with Crippen molar-refractivity contribution in [2.24, 2.45) is 0 Å².